The number of carbonyl (C=O) groups excluding carboxylic acids is 3. The van der Waals surface area contributed by atoms with Gasteiger partial charge >= 0.3 is 0 Å². The maximum atomic E-state index is 13.3. The van der Waals surface area contributed by atoms with Crippen molar-refractivity contribution in [3.63, 3.8) is 0 Å². The van der Waals surface area contributed by atoms with Gasteiger partial charge in [0, 0.05) is 32.0 Å². The van der Waals surface area contributed by atoms with Crippen LogP contribution in [0.2, 0.25) is 0 Å². The van der Waals surface area contributed by atoms with Crippen molar-refractivity contribution in [1.29, 1.82) is 0 Å². The summed E-state index contributed by atoms with van der Waals surface area (Å²) in [5.74, 6) is -1.16. The van der Waals surface area contributed by atoms with Crippen LogP contribution in [0.4, 0.5) is 0 Å². The molecule has 3 N–H and O–H groups in total. The Hall–Kier alpha value is -4.04. The molecule has 0 radical (unpaired) electrons. The van der Waals surface area contributed by atoms with Crippen LogP contribution in [0.25, 0.3) is 0 Å². The molecule has 4 rings (SSSR count). The molecule has 2 aromatic carbocycles. The fourth-order valence-electron chi connectivity index (χ4n) is 4.33. The van der Waals surface area contributed by atoms with Crippen molar-refractivity contribution in [3.05, 3.63) is 102 Å². The summed E-state index contributed by atoms with van der Waals surface area (Å²) < 4.78 is 0. The lowest BCUT2D eigenvalue weighted by molar-refractivity contribution is -0.131. The maximum Gasteiger partial charge on any atom is 0.255 e. The van der Waals surface area contributed by atoms with Gasteiger partial charge in [0.2, 0.25) is 11.8 Å². The van der Waals surface area contributed by atoms with Crippen LogP contribution in [0.3, 0.4) is 0 Å². The number of nitrogens with zero attached hydrogens (tertiary/aromatic N) is 3. The topological polar surface area (TPSA) is 109 Å². The number of amides is 3. The van der Waals surface area contributed by atoms with Crippen molar-refractivity contribution in [3.8, 4) is 0 Å². The molecular formula is C26H27N5O3. The van der Waals surface area contributed by atoms with Gasteiger partial charge in [-0.1, -0.05) is 60.7 Å². The molecule has 0 bridgehead atoms. The molecule has 3 aromatic rings. The molecule has 174 valence electrons. The fourth-order valence-corrected chi connectivity index (χ4v) is 4.33. The van der Waals surface area contributed by atoms with Crippen LogP contribution < -0.4 is 11.1 Å². The molecule has 1 aromatic heterocycles. The molecule has 8 heteroatoms. The normalized spacial score (nSPS) is 16.3. The molecule has 1 aliphatic rings. The fraction of sp³-hybridized carbons (Fsp3) is 0.231. The highest BCUT2D eigenvalue weighted by Gasteiger charge is 2.39. The number of carbonyl (C=O) groups is 3. The van der Waals surface area contributed by atoms with E-state index in [4.69, 9.17) is 5.73 Å². The van der Waals surface area contributed by atoms with Crippen molar-refractivity contribution >= 4 is 17.7 Å². The minimum atomic E-state index is -0.681. The largest absolute Gasteiger partial charge is 0.368 e. The third kappa shape index (κ3) is 5.29. The second-order valence-corrected chi connectivity index (χ2v) is 8.15. The van der Waals surface area contributed by atoms with Crippen molar-refractivity contribution in [1.82, 2.24) is 20.1 Å². The highest BCUT2D eigenvalue weighted by Crippen LogP contribution is 2.32. The Morgan fingerprint density at radius 1 is 0.941 bits per heavy atom. The van der Waals surface area contributed by atoms with E-state index >= 15 is 0 Å². The van der Waals surface area contributed by atoms with E-state index in [1.54, 1.807) is 23.2 Å². The van der Waals surface area contributed by atoms with Gasteiger partial charge in [0.05, 0.1) is 18.2 Å². The lowest BCUT2D eigenvalue weighted by Gasteiger charge is -2.44. The van der Waals surface area contributed by atoms with E-state index < -0.39 is 11.9 Å². The molecule has 1 atom stereocenters. The van der Waals surface area contributed by atoms with E-state index in [9.17, 15) is 14.4 Å². The molecule has 1 fully saturated rings. The van der Waals surface area contributed by atoms with Gasteiger partial charge in [0.1, 0.15) is 6.04 Å². The third-order valence-corrected chi connectivity index (χ3v) is 5.92. The molecule has 8 nitrogen and oxygen atoms in total. The molecule has 3 amide bonds. The summed E-state index contributed by atoms with van der Waals surface area (Å²) in [4.78, 5) is 45.5. The van der Waals surface area contributed by atoms with Crippen LogP contribution in [-0.4, -0.2) is 64.7 Å². The van der Waals surface area contributed by atoms with E-state index in [1.165, 1.54) is 6.20 Å². The summed E-state index contributed by atoms with van der Waals surface area (Å²) >= 11 is 0. The van der Waals surface area contributed by atoms with Gasteiger partial charge in [0.15, 0.2) is 0 Å². The smallest absolute Gasteiger partial charge is 0.255 e. The van der Waals surface area contributed by atoms with Gasteiger partial charge in [-0.3, -0.25) is 24.3 Å². The minimum absolute atomic E-state index is 0.175. The van der Waals surface area contributed by atoms with Crippen LogP contribution in [-0.2, 0) is 9.59 Å². The van der Waals surface area contributed by atoms with E-state index in [0.29, 0.717) is 18.7 Å². The number of nitrogens with one attached hydrogen (secondary N) is 1. The highest BCUT2D eigenvalue weighted by atomic mass is 16.2. The van der Waals surface area contributed by atoms with Crippen molar-refractivity contribution in [2.75, 3.05) is 26.2 Å². The van der Waals surface area contributed by atoms with Crippen LogP contribution in [0.5, 0.6) is 0 Å². The van der Waals surface area contributed by atoms with Crippen molar-refractivity contribution in [2.45, 2.75) is 12.1 Å². The number of hydrogen-bond acceptors (Lipinski definition) is 5. The number of pyridine rings is 1. The van der Waals surface area contributed by atoms with Gasteiger partial charge in [-0.25, -0.2) is 0 Å². The predicted octanol–water partition coefficient (Wildman–Crippen LogP) is 1.60. The first-order valence-electron chi connectivity index (χ1n) is 11.2. The zero-order valence-corrected chi connectivity index (χ0v) is 18.7. The molecular weight excluding hydrogens is 430 g/mol. The zero-order chi connectivity index (χ0) is 23.9. The zero-order valence-electron chi connectivity index (χ0n) is 18.7. The molecule has 2 heterocycles. The minimum Gasteiger partial charge on any atom is -0.368 e. The Kier molecular flexibility index (Phi) is 7.29. The number of rotatable bonds is 7. The molecule has 1 unspecified atom stereocenters. The first-order chi connectivity index (χ1) is 16.5. The molecule has 1 saturated heterocycles. The number of nitrogens with two attached hydrogens (primary N) is 1. The Labute approximate surface area is 198 Å². The van der Waals surface area contributed by atoms with E-state index in [-0.39, 0.29) is 30.9 Å². The van der Waals surface area contributed by atoms with Crippen LogP contribution in [0, 0.1) is 0 Å². The molecule has 0 saturated carbocycles. The average molecular weight is 458 g/mol. The lowest BCUT2D eigenvalue weighted by Crippen LogP contribution is -2.61. The van der Waals surface area contributed by atoms with Crippen molar-refractivity contribution in [2.24, 2.45) is 5.73 Å². The molecule has 1 aliphatic heterocycles. The van der Waals surface area contributed by atoms with Crippen LogP contribution in [0.1, 0.15) is 27.5 Å². The quantitative estimate of drug-likeness (QED) is 0.560. The van der Waals surface area contributed by atoms with E-state index in [0.717, 1.165) is 11.1 Å². The average Bonchev–Trinajstić information content (AvgIpc) is 2.89. The van der Waals surface area contributed by atoms with Crippen LogP contribution in [0.15, 0.2) is 85.2 Å². The summed E-state index contributed by atoms with van der Waals surface area (Å²) in [6.07, 6.45) is 3.13. The Morgan fingerprint density at radius 2 is 1.59 bits per heavy atom. The summed E-state index contributed by atoms with van der Waals surface area (Å²) in [5.41, 5.74) is 7.80. The summed E-state index contributed by atoms with van der Waals surface area (Å²) in [6, 6.07) is 22.4. The Morgan fingerprint density at radius 3 is 2.15 bits per heavy atom. The Balaban J connectivity index is 1.68. The van der Waals surface area contributed by atoms with Gasteiger partial charge in [-0.2, -0.15) is 0 Å². The highest BCUT2D eigenvalue weighted by molar-refractivity contribution is 5.95. The standard InChI is InChI=1S/C26H27N5O3/c27-23(32)17-29-25(33)22-18-30(26(34)21-12-7-13-28-16-21)14-15-31(22)24(19-8-3-1-4-9-19)20-10-5-2-6-11-20/h1-13,16,22,24H,14-15,17-18H2,(H2,27,32)(H,29,33). The second-order valence-electron chi connectivity index (χ2n) is 8.15. The first kappa shape index (κ1) is 23.1. The molecule has 0 spiro atoms. The van der Waals surface area contributed by atoms with E-state index in [1.807, 2.05) is 60.7 Å². The van der Waals surface area contributed by atoms with Gasteiger partial charge in [-0.05, 0) is 23.3 Å². The summed E-state index contributed by atoms with van der Waals surface area (Å²) in [5, 5.41) is 2.63. The van der Waals surface area contributed by atoms with Gasteiger partial charge in [-0.15, -0.1) is 0 Å². The predicted molar refractivity (Wildman–Crippen MR) is 128 cm³/mol. The van der Waals surface area contributed by atoms with Gasteiger partial charge in [0.25, 0.3) is 5.91 Å². The summed E-state index contributed by atoms with van der Waals surface area (Å²) in [6.45, 7) is 0.828. The number of primary amides is 1. The van der Waals surface area contributed by atoms with E-state index in [2.05, 4.69) is 15.2 Å². The molecule has 34 heavy (non-hydrogen) atoms. The third-order valence-electron chi connectivity index (χ3n) is 5.92. The summed E-state index contributed by atoms with van der Waals surface area (Å²) in [7, 11) is 0. The lowest BCUT2D eigenvalue weighted by atomic mass is 9.94. The van der Waals surface area contributed by atoms with Crippen LogP contribution >= 0.6 is 0 Å². The number of piperazine rings is 1. The first-order valence-corrected chi connectivity index (χ1v) is 11.2. The van der Waals surface area contributed by atoms with Gasteiger partial charge < -0.3 is 16.0 Å². The maximum absolute atomic E-state index is 13.3. The number of benzene rings is 2. The monoisotopic (exact) mass is 457 g/mol. The Bertz CT molecular complexity index is 1090. The SMILES string of the molecule is NC(=O)CNC(=O)C1CN(C(=O)c2cccnc2)CCN1C(c1ccccc1)c1ccccc1. The second kappa shape index (κ2) is 10.7. The number of aromatic nitrogens is 1. The number of hydrogen-bond donors (Lipinski definition) is 2. The molecule has 0 aliphatic carbocycles. The van der Waals surface area contributed by atoms with Crippen molar-refractivity contribution < 1.29 is 14.4 Å².